The van der Waals surface area contributed by atoms with Gasteiger partial charge in [0.25, 0.3) is 0 Å². The van der Waals surface area contributed by atoms with Gasteiger partial charge >= 0.3 is 5.97 Å². The molecule has 0 aliphatic rings. The molecule has 3 amide bonds. The van der Waals surface area contributed by atoms with E-state index < -0.39 is 47.9 Å². The Morgan fingerprint density at radius 2 is 1.65 bits per heavy atom. The van der Waals surface area contributed by atoms with Gasteiger partial charge in [0.1, 0.15) is 18.1 Å². The summed E-state index contributed by atoms with van der Waals surface area (Å²) in [5.41, 5.74) is 6.81. The third kappa shape index (κ3) is 9.62. The maximum Gasteiger partial charge on any atom is 0.326 e. The zero-order valence-electron chi connectivity index (χ0n) is 17.5. The van der Waals surface area contributed by atoms with Gasteiger partial charge in [-0.1, -0.05) is 30.3 Å². The molecule has 11 heteroatoms. The number of hydrogen-bond donors (Lipinski definition) is 6. The van der Waals surface area contributed by atoms with Gasteiger partial charge in [0.2, 0.25) is 17.7 Å². The SMILES string of the molecule is CSCCC(NC(=O)C(CS)NC(=O)C(C)NC(=O)C(N)Cc1ccccc1)C(=O)O. The summed E-state index contributed by atoms with van der Waals surface area (Å²) < 4.78 is 0. The Morgan fingerprint density at radius 1 is 1.03 bits per heavy atom. The number of carboxylic acid groups (broad SMARTS) is 1. The predicted molar refractivity (Wildman–Crippen MR) is 124 cm³/mol. The number of amides is 3. The summed E-state index contributed by atoms with van der Waals surface area (Å²) >= 11 is 5.53. The molecule has 1 aromatic carbocycles. The highest BCUT2D eigenvalue weighted by molar-refractivity contribution is 7.98. The van der Waals surface area contributed by atoms with Crippen molar-refractivity contribution in [3.05, 3.63) is 35.9 Å². The van der Waals surface area contributed by atoms with Crippen LogP contribution >= 0.6 is 24.4 Å². The summed E-state index contributed by atoms with van der Waals surface area (Å²) in [5.74, 6) is -2.40. The zero-order valence-corrected chi connectivity index (χ0v) is 19.2. The lowest BCUT2D eigenvalue weighted by Gasteiger charge is -2.22. The van der Waals surface area contributed by atoms with Gasteiger partial charge in [-0.15, -0.1) is 0 Å². The monoisotopic (exact) mass is 470 g/mol. The number of nitrogens with one attached hydrogen (secondary N) is 3. The summed E-state index contributed by atoms with van der Waals surface area (Å²) in [7, 11) is 0. The van der Waals surface area contributed by atoms with Crippen molar-refractivity contribution >= 4 is 48.1 Å². The third-order valence-corrected chi connectivity index (χ3v) is 5.44. The lowest BCUT2D eigenvalue weighted by Crippen LogP contribution is -2.57. The van der Waals surface area contributed by atoms with Gasteiger partial charge in [-0.25, -0.2) is 4.79 Å². The van der Waals surface area contributed by atoms with Crippen LogP contribution in [0.15, 0.2) is 30.3 Å². The van der Waals surface area contributed by atoms with Crippen molar-refractivity contribution < 1.29 is 24.3 Å². The maximum absolute atomic E-state index is 12.4. The molecule has 1 rings (SSSR count). The minimum atomic E-state index is -1.15. The van der Waals surface area contributed by atoms with E-state index in [4.69, 9.17) is 5.73 Å². The van der Waals surface area contributed by atoms with Crippen molar-refractivity contribution in [2.75, 3.05) is 17.8 Å². The fourth-order valence-corrected chi connectivity index (χ4v) is 3.33. The average Bonchev–Trinajstić information content (AvgIpc) is 2.74. The first-order valence-corrected chi connectivity index (χ1v) is 11.7. The molecular formula is C20H30N4O5S2. The number of benzene rings is 1. The van der Waals surface area contributed by atoms with Crippen LogP contribution in [0.3, 0.4) is 0 Å². The minimum absolute atomic E-state index is 0.0410. The van der Waals surface area contributed by atoms with Crippen molar-refractivity contribution in [1.82, 2.24) is 16.0 Å². The highest BCUT2D eigenvalue weighted by Gasteiger charge is 2.27. The number of nitrogens with two attached hydrogens (primary N) is 1. The maximum atomic E-state index is 12.4. The Kier molecular flexibility index (Phi) is 12.1. The fraction of sp³-hybridized carbons (Fsp3) is 0.500. The molecule has 0 radical (unpaired) electrons. The predicted octanol–water partition coefficient (Wildman–Crippen LogP) is -0.202. The molecule has 0 aliphatic heterocycles. The van der Waals surface area contributed by atoms with Crippen LogP contribution in [0.2, 0.25) is 0 Å². The van der Waals surface area contributed by atoms with Crippen molar-refractivity contribution in [2.24, 2.45) is 5.73 Å². The van der Waals surface area contributed by atoms with Crippen LogP contribution in [0.25, 0.3) is 0 Å². The van der Waals surface area contributed by atoms with E-state index in [9.17, 15) is 24.3 Å². The Hall–Kier alpha value is -2.24. The number of carbonyl (C=O) groups excluding carboxylic acids is 3. The number of thiol groups is 1. The summed E-state index contributed by atoms with van der Waals surface area (Å²) in [6.07, 6.45) is 2.40. The summed E-state index contributed by atoms with van der Waals surface area (Å²) in [6, 6.07) is 5.34. The highest BCUT2D eigenvalue weighted by Crippen LogP contribution is 2.04. The van der Waals surface area contributed by atoms with Gasteiger partial charge in [0, 0.05) is 5.75 Å². The molecule has 0 bridgehead atoms. The highest BCUT2D eigenvalue weighted by atomic mass is 32.2. The molecule has 9 nitrogen and oxygen atoms in total. The molecule has 0 aromatic heterocycles. The Bertz CT molecular complexity index is 750. The molecule has 0 saturated carbocycles. The van der Waals surface area contributed by atoms with E-state index in [0.29, 0.717) is 12.2 Å². The van der Waals surface area contributed by atoms with Crippen molar-refractivity contribution in [3.63, 3.8) is 0 Å². The molecule has 0 heterocycles. The van der Waals surface area contributed by atoms with Crippen LogP contribution in [-0.4, -0.2) is 70.7 Å². The Balaban J connectivity index is 2.60. The lowest BCUT2D eigenvalue weighted by atomic mass is 10.1. The second-order valence-corrected chi connectivity index (χ2v) is 8.30. The van der Waals surface area contributed by atoms with Crippen molar-refractivity contribution in [1.29, 1.82) is 0 Å². The van der Waals surface area contributed by atoms with Crippen LogP contribution in [0.1, 0.15) is 18.9 Å². The van der Waals surface area contributed by atoms with E-state index >= 15 is 0 Å². The van der Waals surface area contributed by atoms with Gasteiger partial charge in [0.05, 0.1) is 6.04 Å². The molecule has 0 spiro atoms. The number of carboxylic acids is 1. The number of rotatable bonds is 13. The number of thioether (sulfide) groups is 1. The molecule has 0 saturated heterocycles. The molecular weight excluding hydrogens is 440 g/mol. The van der Waals surface area contributed by atoms with E-state index in [-0.39, 0.29) is 12.2 Å². The summed E-state index contributed by atoms with van der Waals surface area (Å²) in [6.45, 7) is 1.47. The first-order chi connectivity index (χ1) is 14.7. The molecule has 172 valence electrons. The van der Waals surface area contributed by atoms with E-state index in [0.717, 1.165) is 5.56 Å². The van der Waals surface area contributed by atoms with E-state index in [1.54, 1.807) is 0 Å². The third-order valence-electron chi connectivity index (χ3n) is 4.43. The van der Waals surface area contributed by atoms with Crippen LogP contribution in [0.4, 0.5) is 0 Å². The van der Waals surface area contributed by atoms with Crippen LogP contribution in [-0.2, 0) is 25.6 Å². The van der Waals surface area contributed by atoms with Gasteiger partial charge in [-0.05, 0) is 37.3 Å². The Morgan fingerprint density at radius 3 is 2.19 bits per heavy atom. The lowest BCUT2D eigenvalue weighted by molar-refractivity contribution is -0.142. The first-order valence-electron chi connectivity index (χ1n) is 9.72. The average molecular weight is 471 g/mol. The number of carbonyl (C=O) groups is 4. The van der Waals surface area contributed by atoms with E-state index in [2.05, 4.69) is 28.6 Å². The van der Waals surface area contributed by atoms with Crippen LogP contribution in [0, 0.1) is 0 Å². The van der Waals surface area contributed by atoms with E-state index in [1.165, 1.54) is 18.7 Å². The van der Waals surface area contributed by atoms with Gasteiger partial charge in [0.15, 0.2) is 0 Å². The standard InChI is InChI=1S/C20H30N4O5S2/c1-12(22-18(26)14(21)10-13-6-4-3-5-7-13)17(25)24-16(11-30)19(27)23-15(20(28)29)8-9-31-2/h3-7,12,14-16,30H,8-11,21H2,1-2H3,(H,22,26)(H,23,27)(H,24,25)(H,28,29). The van der Waals surface area contributed by atoms with Gasteiger partial charge < -0.3 is 26.8 Å². The minimum Gasteiger partial charge on any atom is -0.480 e. The largest absolute Gasteiger partial charge is 0.480 e. The van der Waals surface area contributed by atoms with E-state index in [1.807, 2.05) is 36.6 Å². The quantitative estimate of drug-likeness (QED) is 0.219. The molecule has 0 fully saturated rings. The van der Waals surface area contributed by atoms with Crippen LogP contribution < -0.4 is 21.7 Å². The topological polar surface area (TPSA) is 151 Å². The molecule has 0 aliphatic carbocycles. The van der Waals surface area contributed by atoms with Crippen LogP contribution in [0.5, 0.6) is 0 Å². The zero-order chi connectivity index (χ0) is 23.4. The molecule has 31 heavy (non-hydrogen) atoms. The smallest absolute Gasteiger partial charge is 0.326 e. The number of aliphatic carboxylic acids is 1. The second kappa shape index (κ2) is 13.9. The molecule has 6 N–H and O–H groups in total. The summed E-state index contributed by atoms with van der Waals surface area (Å²) in [4.78, 5) is 48.4. The molecule has 1 aromatic rings. The van der Waals surface area contributed by atoms with Gasteiger partial charge in [-0.2, -0.15) is 24.4 Å². The normalized spacial score (nSPS) is 14.6. The van der Waals surface area contributed by atoms with Crippen molar-refractivity contribution in [2.45, 2.75) is 43.9 Å². The Labute approximate surface area is 191 Å². The van der Waals surface area contributed by atoms with Gasteiger partial charge in [-0.3, -0.25) is 14.4 Å². The molecule has 4 atom stereocenters. The van der Waals surface area contributed by atoms with Crippen molar-refractivity contribution in [3.8, 4) is 0 Å². The second-order valence-electron chi connectivity index (χ2n) is 6.95. The molecule has 4 unspecified atom stereocenters. The number of hydrogen-bond acceptors (Lipinski definition) is 7. The summed E-state index contributed by atoms with van der Waals surface area (Å²) in [5, 5.41) is 16.7. The fourth-order valence-electron chi connectivity index (χ4n) is 2.60. The first kappa shape index (κ1) is 26.8.